The van der Waals surface area contributed by atoms with Crippen molar-refractivity contribution in [2.75, 3.05) is 20.2 Å². The van der Waals surface area contributed by atoms with E-state index in [1.807, 2.05) is 0 Å². The number of hydrogen-bond acceptors (Lipinski definition) is 3. The molecule has 1 atom stereocenters. The van der Waals surface area contributed by atoms with E-state index in [0.717, 1.165) is 12.0 Å². The van der Waals surface area contributed by atoms with Crippen LogP contribution < -0.4 is 5.32 Å². The number of urea groups is 1. The lowest BCUT2D eigenvalue weighted by molar-refractivity contribution is -0.303. The number of amides is 2. The lowest BCUT2D eigenvalue weighted by Crippen LogP contribution is -2.72. The molecule has 0 aromatic heterocycles. The number of phenolic OH excluding ortho intramolecular Hbond substituents is 1. The van der Waals surface area contributed by atoms with E-state index in [1.54, 1.807) is 19.1 Å². The van der Waals surface area contributed by atoms with Gasteiger partial charge in [-0.25, -0.2) is 4.79 Å². The van der Waals surface area contributed by atoms with Crippen molar-refractivity contribution in [3.8, 4) is 5.75 Å². The molecule has 1 aromatic rings. The number of likely N-dealkylation sites (tertiary alicyclic amines) is 1. The molecule has 0 radical (unpaired) electrons. The highest BCUT2D eigenvalue weighted by atomic mass is 19.4. The lowest BCUT2D eigenvalue weighted by atomic mass is 9.93. The molecule has 1 fully saturated rings. The first-order valence-electron chi connectivity index (χ1n) is 6.65. The summed E-state index contributed by atoms with van der Waals surface area (Å²) < 4.78 is 43.1. The van der Waals surface area contributed by atoms with Crippen LogP contribution in [0.25, 0.3) is 0 Å². The summed E-state index contributed by atoms with van der Waals surface area (Å²) in [7, 11) is 0.984. The summed E-state index contributed by atoms with van der Waals surface area (Å²) in [5, 5.41) is 12.0. The number of nitrogens with zero attached hydrogens (tertiary/aromatic N) is 1. The quantitative estimate of drug-likeness (QED) is 0.900. The number of alkyl halides is 3. The Morgan fingerprint density at radius 1 is 1.45 bits per heavy atom. The minimum absolute atomic E-state index is 0.0537. The molecule has 1 heterocycles. The topological polar surface area (TPSA) is 61.8 Å². The van der Waals surface area contributed by atoms with Gasteiger partial charge in [-0.2, -0.15) is 13.2 Å². The number of carbonyl (C=O) groups is 1. The van der Waals surface area contributed by atoms with Gasteiger partial charge < -0.3 is 20.1 Å². The van der Waals surface area contributed by atoms with Crippen LogP contribution in [0.2, 0.25) is 0 Å². The van der Waals surface area contributed by atoms with Gasteiger partial charge in [0.1, 0.15) is 5.75 Å². The second kappa shape index (κ2) is 5.68. The molecule has 0 spiro atoms. The summed E-state index contributed by atoms with van der Waals surface area (Å²) >= 11 is 0. The number of phenols is 1. The van der Waals surface area contributed by atoms with Gasteiger partial charge >= 0.3 is 12.2 Å². The molecule has 1 aliphatic heterocycles. The maximum atomic E-state index is 12.9. The van der Waals surface area contributed by atoms with Gasteiger partial charge in [-0.1, -0.05) is 12.1 Å². The number of nitrogens with one attached hydrogen (secondary N) is 1. The molecule has 0 unspecified atom stereocenters. The molecule has 2 N–H and O–H groups in total. The predicted molar refractivity (Wildman–Crippen MR) is 72.4 cm³/mol. The molecule has 122 valence electrons. The minimum atomic E-state index is -4.52. The van der Waals surface area contributed by atoms with E-state index >= 15 is 0 Å². The Hall–Kier alpha value is -1.96. The number of benzene rings is 1. The second-order valence-electron chi connectivity index (χ2n) is 5.32. The van der Waals surface area contributed by atoms with Gasteiger partial charge in [-0.15, -0.1) is 0 Å². The molecule has 1 aliphatic rings. The number of halogens is 3. The van der Waals surface area contributed by atoms with Crippen LogP contribution in [0.15, 0.2) is 24.3 Å². The third kappa shape index (κ3) is 2.96. The predicted octanol–water partition coefficient (Wildman–Crippen LogP) is 2.43. The first-order valence-corrected chi connectivity index (χ1v) is 6.65. The van der Waals surface area contributed by atoms with E-state index in [9.17, 15) is 23.1 Å². The summed E-state index contributed by atoms with van der Waals surface area (Å²) in [6, 6.07) is 5.25. The summed E-state index contributed by atoms with van der Waals surface area (Å²) in [6.45, 7) is 0.608. The van der Waals surface area contributed by atoms with Crippen LogP contribution in [0.1, 0.15) is 18.5 Å². The summed E-state index contributed by atoms with van der Waals surface area (Å²) in [6.07, 6.45) is -4.52. The van der Waals surface area contributed by atoms with Crippen LogP contribution in [0.4, 0.5) is 18.0 Å². The summed E-state index contributed by atoms with van der Waals surface area (Å²) in [5.41, 5.74) is -1.62. The van der Waals surface area contributed by atoms with E-state index in [2.05, 4.69) is 10.1 Å². The number of hydrogen-bond donors (Lipinski definition) is 2. The van der Waals surface area contributed by atoms with Crippen molar-refractivity contribution >= 4 is 6.03 Å². The van der Waals surface area contributed by atoms with Crippen LogP contribution in [-0.2, 0) is 4.74 Å². The monoisotopic (exact) mass is 318 g/mol. The maximum absolute atomic E-state index is 12.9. The SMILES string of the molecule is COC1(C(F)(F)F)CN(C(=O)N[C@@H](C)c2cccc(O)c2)C1. The van der Waals surface area contributed by atoms with E-state index in [0.29, 0.717) is 5.56 Å². The van der Waals surface area contributed by atoms with Crippen LogP contribution in [-0.4, -0.2) is 48.0 Å². The average molecular weight is 318 g/mol. The zero-order valence-electron chi connectivity index (χ0n) is 12.1. The maximum Gasteiger partial charge on any atom is 0.420 e. The molecule has 0 saturated carbocycles. The van der Waals surface area contributed by atoms with Crippen molar-refractivity contribution < 1.29 is 27.8 Å². The molecule has 8 heteroatoms. The number of aromatic hydroxyl groups is 1. The Bertz CT molecular complexity index is 557. The Morgan fingerprint density at radius 2 is 2.09 bits per heavy atom. The largest absolute Gasteiger partial charge is 0.508 e. The van der Waals surface area contributed by atoms with Gasteiger partial charge in [-0.3, -0.25) is 0 Å². The normalized spacial score (nSPS) is 18.5. The molecule has 1 saturated heterocycles. The number of carbonyl (C=O) groups excluding carboxylic acids is 1. The Kier molecular flexibility index (Phi) is 4.23. The van der Waals surface area contributed by atoms with Gasteiger partial charge in [0.2, 0.25) is 0 Å². The first-order chi connectivity index (χ1) is 10.2. The standard InChI is InChI=1S/C14H17F3N2O3/c1-9(10-4-3-5-11(20)6-10)18-12(21)19-7-13(8-19,22-2)14(15,16)17/h3-6,9,20H,7-8H2,1-2H3,(H,18,21)/t9-/m0/s1. The van der Waals surface area contributed by atoms with Crippen molar-refractivity contribution in [1.29, 1.82) is 0 Å². The summed E-state index contributed by atoms with van der Waals surface area (Å²) in [4.78, 5) is 13.0. The van der Waals surface area contributed by atoms with Crippen LogP contribution in [0.5, 0.6) is 5.75 Å². The van der Waals surface area contributed by atoms with Crippen molar-refractivity contribution in [3.63, 3.8) is 0 Å². The number of ether oxygens (including phenoxy) is 1. The third-order valence-electron chi connectivity index (χ3n) is 3.80. The Morgan fingerprint density at radius 3 is 2.59 bits per heavy atom. The van der Waals surface area contributed by atoms with Crippen LogP contribution in [0, 0.1) is 0 Å². The second-order valence-corrected chi connectivity index (χ2v) is 5.32. The van der Waals surface area contributed by atoms with Gasteiger partial charge in [-0.05, 0) is 24.6 Å². The molecule has 0 bridgehead atoms. The molecule has 22 heavy (non-hydrogen) atoms. The van der Waals surface area contributed by atoms with Gasteiger partial charge in [0.15, 0.2) is 5.60 Å². The highest BCUT2D eigenvalue weighted by Gasteiger charge is 2.63. The highest BCUT2D eigenvalue weighted by Crippen LogP contribution is 2.40. The molecule has 2 amide bonds. The zero-order chi connectivity index (χ0) is 16.5. The molecular formula is C14H17F3N2O3. The average Bonchev–Trinajstić information content (AvgIpc) is 2.36. The van der Waals surface area contributed by atoms with Gasteiger partial charge in [0.25, 0.3) is 0 Å². The van der Waals surface area contributed by atoms with Gasteiger partial charge in [0, 0.05) is 7.11 Å². The summed E-state index contributed by atoms with van der Waals surface area (Å²) in [5.74, 6) is 0.0537. The molecular weight excluding hydrogens is 301 g/mol. The number of rotatable bonds is 3. The first kappa shape index (κ1) is 16.4. The van der Waals surface area contributed by atoms with E-state index in [-0.39, 0.29) is 5.75 Å². The molecule has 5 nitrogen and oxygen atoms in total. The number of methoxy groups -OCH3 is 1. The zero-order valence-corrected chi connectivity index (χ0v) is 12.1. The van der Waals surface area contributed by atoms with E-state index in [4.69, 9.17) is 0 Å². The van der Waals surface area contributed by atoms with Crippen molar-refractivity contribution in [3.05, 3.63) is 29.8 Å². The molecule has 0 aliphatic carbocycles. The highest BCUT2D eigenvalue weighted by molar-refractivity contribution is 5.76. The van der Waals surface area contributed by atoms with Crippen molar-refractivity contribution in [2.45, 2.75) is 24.7 Å². The van der Waals surface area contributed by atoms with Crippen LogP contribution in [0.3, 0.4) is 0 Å². The lowest BCUT2D eigenvalue weighted by Gasteiger charge is -2.49. The fourth-order valence-corrected chi connectivity index (χ4v) is 2.29. The van der Waals surface area contributed by atoms with E-state index in [1.165, 1.54) is 12.1 Å². The smallest absolute Gasteiger partial charge is 0.420 e. The molecule has 1 aromatic carbocycles. The van der Waals surface area contributed by atoms with E-state index < -0.39 is 36.9 Å². The van der Waals surface area contributed by atoms with Crippen LogP contribution >= 0.6 is 0 Å². The van der Waals surface area contributed by atoms with Crippen molar-refractivity contribution in [1.82, 2.24) is 10.2 Å². The Balaban J connectivity index is 1.95. The van der Waals surface area contributed by atoms with Gasteiger partial charge in [0.05, 0.1) is 19.1 Å². The third-order valence-corrected chi connectivity index (χ3v) is 3.80. The minimum Gasteiger partial charge on any atom is -0.508 e. The van der Waals surface area contributed by atoms with Crippen molar-refractivity contribution in [2.24, 2.45) is 0 Å². The Labute approximate surface area is 125 Å². The molecule has 2 rings (SSSR count). The fourth-order valence-electron chi connectivity index (χ4n) is 2.29. The fraction of sp³-hybridized carbons (Fsp3) is 0.500.